The summed E-state index contributed by atoms with van der Waals surface area (Å²) in [6, 6.07) is 12.8. The van der Waals surface area contributed by atoms with Crippen LogP contribution in [0.3, 0.4) is 0 Å². The first-order chi connectivity index (χ1) is 10.6. The number of aromatic nitrogens is 3. The van der Waals surface area contributed by atoms with E-state index in [9.17, 15) is 8.78 Å². The standard InChI is InChI=1S/C16H13F2N3S/c1-11-19-20-16(21(11)14-8-6-13(17)7-9-14)22-10-12-4-2-3-5-15(12)18/h2-9H,10H2,1H3. The van der Waals surface area contributed by atoms with Crippen LogP contribution >= 0.6 is 11.8 Å². The van der Waals surface area contributed by atoms with Gasteiger partial charge in [-0.05, 0) is 42.8 Å². The molecule has 0 unspecified atom stereocenters. The molecule has 0 bridgehead atoms. The van der Waals surface area contributed by atoms with Gasteiger partial charge in [-0.3, -0.25) is 4.57 Å². The summed E-state index contributed by atoms with van der Waals surface area (Å²) < 4.78 is 28.5. The third kappa shape index (κ3) is 3.01. The lowest BCUT2D eigenvalue weighted by molar-refractivity contribution is 0.617. The third-order valence-electron chi connectivity index (χ3n) is 3.19. The van der Waals surface area contributed by atoms with Crippen molar-refractivity contribution in [1.82, 2.24) is 14.8 Å². The second-order valence-electron chi connectivity index (χ2n) is 4.72. The Morgan fingerprint density at radius 3 is 2.45 bits per heavy atom. The fourth-order valence-electron chi connectivity index (χ4n) is 2.08. The molecule has 0 N–H and O–H groups in total. The zero-order valence-electron chi connectivity index (χ0n) is 11.8. The molecule has 1 aromatic heterocycles. The highest BCUT2D eigenvalue weighted by Gasteiger charge is 2.12. The van der Waals surface area contributed by atoms with Crippen LogP contribution < -0.4 is 0 Å². The van der Waals surface area contributed by atoms with Gasteiger partial charge in [-0.2, -0.15) is 0 Å². The molecule has 3 nitrogen and oxygen atoms in total. The van der Waals surface area contributed by atoms with E-state index in [1.807, 2.05) is 11.5 Å². The van der Waals surface area contributed by atoms with Gasteiger partial charge in [0.1, 0.15) is 17.5 Å². The SMILES string of the molecule is Cc1nnc(SCc2ccccc2F)n1-c1ccc(F)cc1. The minimum absolute atomic E-state index is 0.237. The molecule has 0 saturated heterocycles. The summed E-state index contributed by atoms with van der Waals surface area (Å²) in [6.45, 7) is 1.82. The van der Waals surface area contributed by atoms with Gasteiger partial charge in [0.25, 0.3) is 0 Å². The fraction of sp³-hybridized carbons (Fsp3) is 0.125. The lowest BCUT2D eigenvalue weighted by Crippen LogP contribution is -1.99. The highest BCUT2D eigenvalue weighted by molar-refractivity contribution is 7.98. The van der Waals surface area contributed by atoms with Crippen LogP contribution in [0.2, 0.25) is 0 Å². The number of halogens is 2. The number of rotatable bonds is 4. The van der Waals surface area contributed by atoms with Crippen molar-refractivity contribution < 1.29 is 8.78 Å². The predicted molar refractivity (Wildman–Crippen MR) is 82.0 cm³/mol. The van der Waals surface area contributed by atoms with Gasteiger partial charge in [0.05, 0.1) is 0 Å². The molecule has 112 valence electrons. The second kappa shape index (κ2) is 6.27. The summed E-state index contributed by atoms with van der Waals surface area (Å²) in [5, 5.41) is 8.82. The number of hydrogen-bond donors (Lipinski definition) is 0. The van der Waals surface area contributed by atoms with Gasteiger partial charge < -0.3 is 0 Å². The molecule has 0 saturated carbocycles. The van der Waals surface area contributed by atoms with Crippen LogP contribution in [-0.2, 0) is 5.75 Å². The van der Waals surface area contributed by atoms with Gasteiger partial charge in [0.15, 0.2) is 5.16 Å². The van der Waals surface area contributed by atoms with Crippen LogP contribution in [0.1, 0.15) is 11.4 Å². The molecule has 0 aliphatic heterocycles. The summed E-state index contributed by atoms with van der Waals surface area (Å²) in [6.07, 6.45) is 0. The van der Waals surface area contributed by atoms with E-state index in [0.717, 1.165) is 5.69 Å². The van der Waals surface area contributed by atoms with E-state index in [1.165, 1.54) is 30.0 Å². The smallest absolute Gasteiger partial charge is 0.196 e. The summed E-state index contributed by atoms with van der Waals surface area (Å²) in [5.41, 5.74) is 1.39. The van der Waals surface area contributed by atoms with Crippen LogP contribution in [0.5, 0.6) is 0 Å². The summed E-state index contributed by atoms with van der Waals surface area (Å²) in [4.78, 5) is 0. The van der Waals surface area contributed by atoms with Gasteiger partial charge in [-0.1, -0.05) is 30.0 Å². The number of thioether (sulfide) groups is 1. The van der Waals surface area contributed by atoms with Crippen molar-refractivity contribution in [2.24, 2.45) is 0 Å². The summed E-state index contributed by atoms with van der Waals surface area (Å²) >= 11 is 1.39. The van der Waals surface area contributed by atoms with Gasteiger partial charge in [-0.15, -0.1) is 10.2 Å². The van der Waals surface area contributed by atoms with E-state index < -0.39 is 0 Å². The first-order valence-electron chi connectivity index (χ1n) is 6.69. The molecule has 0 amide bonds. The van der Waals surface area contributed by atoms with Gasteiger partial charge in [0, 0.05) is 11.4 Å². The minimum Gasteiger partial charge on any atom is -0.274 e. The topological polar surface area (TPSA) is 30.7 Å². The average molecular weight is 317 g/mol. The van der Waals surface area contributed by atoms with Crippen molar-refractivity contribution in [3.8, 4) is 5.69 Å². The van der Waals surface area contributed by atoms with Crippen molar-refractivity contribution in [2.45, 2.75) is 17.8 Å². The molecule has 0 radical (unpaired) electrons. The van der Waals surface area contributed by atoms with E-state index in [-0.39, 0.29) is 11.6 Å². The second-order valence-corrected chi connectivity index (χ2v) is 5.66. The van der Waals surface area contributed by atoms with Crippen LogP contribution in [0.25, 0.3) is 5.69 Å². The van der Waals surface area contributed by atoms with E-state index in [0.29, 0.717) is 22.3 Å². The highest BCUT2D eigenvalue weighted by Crippen LogP contribution is 2.26. The minimum atomic E-state index is -0.296. The Balaban J connectivity index is 1.86. The van der Waals surface area contributed by atoms with Gasteiger partial charge in [-0.25, -0.2) is 8.78 Å². The van der Waals surface area contributed by atoms with Gasteiger partial charge >= 0.3 is 0 Å². The number of hydrogen-bond acceptors (Lipinski definition) is 3. The maximum atomic E-state index is 13.7. The molecule has 0 atom stereocenters. The van der Waals surface area contributed by atoms with Crippen LogP contribution in [0, 0.1) is 18.6 Å². The fourth-order valence-corrected chi connectivity index (χ4v) is 3.07. The van der Waals surface area contributed by atoms with Crippen molar-refractivity contribution in [1.29, 1.82) is 0 Å². The molecule has 0 spiro atoms. The Kier molecular flexibility index (Phi) is 4.20. The highest BCUT2D eigenvalue weighted by atomic mass is 32.2. The molecule has 6 heteroatoms. The van der Waals surface area contributed by atoms with Gasteiger partial charge in [0.2, 0.25) is 0 Å². The monoisotopic (exact) mass is 317 g/mol. The average Bonchev–Trinajstić information content (AvgIpc) is 2.88. The zero-order chi connectivity index (χ0) is 15.5. The quantitative estimate of drug-likeness (QED) is 0.677. The molecular weight excluding hydrogens is 304 g/mol. The molecule has 3 aromatic rings. The molecule has 22 heavy (non-hydrogen) atoms. The Morgan fingerprint density at radius 2 is 1.73 bits per heavy atom. The molecule has 3 rings (SSSR count). The first kappa shape index (κ1) is 14.7. The van der Waals surface area contributed by atoms with E-state index in [2.05, 4.69) is 10.2 Å². The van der Waals surface area contributed by atoms with Crippen molar-refractivity contribution in [2.75, 3.05) is 0 Å². The van der Waals surface area contributed by atoms with Crippen molar-refractivity contribution in [3.63, 3.8) is 0 Å². The van der Waals surface area contributed by atoms with E-state index >= 15 is 0 Å². The van der Waals surface area contributed by atoms with E-state index in [1.54, 1.807) is 30.3 Å². The lowest BCUT2D eigenvalue weighted by Gasteiger charge is -2.08. The molecule has 0 aliphatic carbocycles. The summed E-state index contributed by atoms with van der Waals surface area (Å²) in [7, 11) is 0. The number of nitrogens with zero attached hydrogens (tertiary/aromatic N) is 3. The Hall–Kier alpha value is -2.21. The lowest BCUT2D eigenvalue weighted by atomic mass is 10.2. The predicted octanol–water partition coefficient (Wildman–Crippen LogP) is 4.15. The van der Waals surface area contributed by atoms with Crippen molar-refractivity contribution in [3.05, 3.63) is 71.6 Å². The Bertz CT molecular complexity index is 784. The van der Waals surface area contributed by atoms with Crippen LogP contribution in [0.4, 0.5) is 8.78 Å². The first-order valence-corrected chi connectivity index (χ1v) is 7.68. The van der Waals surface area contributed by atoms with E-state index in [4.69, 9.17) is 0 Å². The maximum Gasteiger partial charge on any atom is 0.196 e. The molecule has 0 aliphatic rings. The van der Waals surface area contributed by atoms with Crippen LogP contribution in [-0.4, -0.2) is 14.8 Å². The summed E-state index contributed by atoms with van der Waals surface area (Å²) in [5.74, 6) is 0.615. The molecule has 2 aromatic carbocycles. The number of benzene rings is 2. The Morgan fingerprint density at radius 1 is 1.00 bits per heavy atom. The Labute approximate surface area is 131 Å². The van der Waals surface area contributed by atoms with Crippen molar-refractivity contribution >= 4 is 11.8 Å². The van der Waals surface area contributed by atoms with Crippen LogP contribution in [0.15, 0.2) is 53.7 Å². The maximum absolute atomic E-state index is 13.7. The normalized spacial score (nSPS) is 10.9. The molecule has 0 fully saturated rings. The molecular formula is C16H13F2N3S. The molecule has 1 heterocycles. The largest absolute Gasteiger partial charge is 0.274 e. The third-order valence-corrected chi connectivity index (χ3v) is 4.17. The number of aryl methyl sites for hydroxylation is 1. The zero-order valence-corrected chi connectivity index (χ0v) is 12.6.